The van der Waals surface area contributed by atoms with Crippen molar-refractivity contribution in [2.45, 2.75) is 32.0 Å². The first kappa shape index (κ1) is 18.4. The zero-order valence-electron chi connectivity index (χ0n) is 12.7. The van der Waals surface area contributed by atoms with Gasteiger partial charge in [0.25, 0.3) is 0 Å². The molecular formula is C14H15Cl3N4OS. The van der Waals surface area contributed by atoms with Crippen LogP contribution in [0, 0.1) is 6.92 Å². The van der Waals surface area contributed by atoms with Crippen molar-refractivity contribution < 1.29 is 4.79 Å². The maximum absolute atomic E-state index is 12.1. The molecule has 1 aromatic heterocycles. The summed E-state index contributed by atoms with van der Waals surface area (Å²) in [7, 11) is 0. The average molecular weight is 394 g/mol. The zero-order chi connectivity index (χ0) is 17.1. The van der Waals surface area contributed by atoms with Gasteiger partial charge in [-0.25, -0.2) is 0 Å². The third-order valence-electron chi connectivity index (χ3n) is 2.97. The van der Waals surface area contributed by atoms with E-state index in [4.69, 9.17) is 34.8 Å². The topological polar surface area (TPSA) is 59.8 Å². The van der Waals surface area contributed by atoms with E-state index in [1.54, 1.807) is 0 Å². The molecule has 2 aromatic rings. The molecule has 0 radical (unpaired) electrons. The van der Waals surface area contributed by atoms with Crippen LogP contribution in [0.15, 0.2) is 17.3 Å². The summed E-state index contributed by atoms with van der Waals surface area (Å²) >= 11 is 19.1. The van der Waals surface area contributed by atoms with Gasteiger partial charge in [-0.2, -0.15) is 0 Å². The fourth-order valence-corrected chi connectivity index (χ4v) is 3.48. The van der Waals surface area contributed by atoms with Crippen molar-refractivity contribution in [1.29, 1.82) is 0 Å². The van der Waals surface area contributed by atoms with Crippen LogP contribution in [-0.4, -0.2) is 26.4 Å². The highest BCUT2D eigenvalue weighted by Crippen LogP contribution is 2.32. The molecule has 5 nitrogen and oxygen atoms in total. The van der Waals surface area contributed by atoms with Crippen LogP contribution >= 0.6 is 46.6 Å². The molecule has 1 N–H and O–H groups in total. The summed E-state index contributed by atoms with van der Waals surface area (Å²) in [5, 5.41) is 12.5. The lowest BCUT2D eigenvalue weighted by Crippen LogP contribution is -2.15. The van der Waals surface area contributed by atoms with Crippen molar-refractivity contribution in [2.75, 3.05) is 11.1 Å². The SMILES string of the molecule is Cc1nnc(SCC(=O)Nc2cc(Cl)c(Cl)cc2Cl)n1C(C)C. The maximum Gasteiger partial charge on any atom is 0.234 e. The number of aryl methyl sites for hydroxylation is 1. The van der Waals surface area contributed by atoms with Gasteiger partial charge in [-0.15, -0.1) is 10.2 Å². The average Bonchev–Trinajstić information content (AvgIpc) is 2.83. The van der Waals surface area contributed by atoms with E-state index in [1.165, 1.54) is 23.9 Å². The van der Waals surface area contributed by atoms with Gasteiger partial charge in [-0.3, -0.25) is 4.79 Å². The summed E-state index contributed by atoms with van der Waals surface area (Å²) in [4.78, 5) is 12.1. The Morgan fingerprint density at radius 2 is 1.87 bits per heavy atom. The van der Waals surface area contributed by atoms with E-state index in [0.29, 0.717) is 25.9 Å². The molecule has 0 aliphatic carbocycles. The van der Waals surface area contributed by atoms with Crippen LogP contribution in [0.25, 0.3) is 0 Å². The quantitative estimate of drug-likeness (QED) is 0.582. The molecule has 0 spiro atoms. The van der Waals surface area contributed by atoms with Crippen LogP contribution in [0.3, 0.4) is 0 Å². The van der Waals surface area contributed by atoms with Crippen LogP contribution in [-0.2, 0) is 4.79 Å². The molecule has 0 unspecified atom stereocenters. The third kappa shape index (κ3) is 4.53. The number of nitrogens with one attached hydrogen (secondary N) is 1. The van der Waals surface area contributed by atoms with Crippen molar-refractivity contribution >= 4 is 58.2 Å². The van der Waals surface area contributed by atoms with E-state index in [1.807, 2.05) is 25.3 Å². The van der Waals surface area contributed by atoms with Crippen molar-refractivity contribution in [3.05, 3.63) is 33.0 Å². The number of aromatic nitrogens is 3. The summed E-state index contributed by atoms with van der Waals surface area (Å²) in [6.07, 6.45) is 0. The van der Waals surface area contributed by atoms with Crippen LogP contribution < -0.4 is 5.32 Å². The molecule has 23 heavy (non-hydrogen) atoms. The molecule has 1 amide bonds. The van der Waals surface area contributed by atoms with Gasteiger partial charge in [0.2, 0.25) is 5.91 Å². The van der Waals surface area contributed by atoms with Gasteiger partial charge in [-0.05, 0) is 32.9 Å². The number of hydrogen-bond donors (Lipinski definition) is 1. The highest BCUT2D eigenvalue weighted by atomic mass is 35.5. The summed E-state index contributed by atoms with van der Waals surface area (Å²) < 4.78 is 1.98. The van der Waals surface area contributed by atoms with Crippen molar-refractivity contribution in [3.63, 3.8) is 0 Å². The minimum Gasteiger partial charge on any atom is -0.324 e. The van der Waals surface area contributed by atoms with Gasteiger partial charge in [0, 0.05) is 6.04 Å². The highest BCUT2D eigenvalue weighted by Gasteiger charge is 2.15. The molecular weight excluding hydrogens is 379 g/mol. The number of hydrogen-bond acceptors (Lipinski definition) is 4. The molecule has 0 bridgehead atoms. The number of carbonyl (C=O) groups is 1. The van der Waals surface area contributed by atoms with Crippen LogP contribution in [0.2, 0.25) is 15.1 Å². The zero-order valence-corrected chi connectivity index (χ0v) is 15.8. The molecule has 0 aliphatic heterocycles. The summed E-state index contributed by atoms with van der Waals surface area (Å²) in [5.74, 6) is 0.781. The van der Waals surface area contributed by atoms with Gasteiger partial charge in [0.05, 0.1) is 26.5 Å². The van der Waals surface area contributed by atoms with Crippen LogP contribution in [0.4, 0.5) is 5.69 Å². The summed E-state index contributed by atoms with van der Waals surface area (Å²) in [6, 6.07) is 3.24. The molecule has 1 heterocycles. The number of nitrogens with zero attached hydrogens (tertiary/aromatic N) is 3. The van der Waals surface area contributed by atoms with E-state index in [0.717, 1.165) is 5.82 Å². The molecule has 0 aliphatic rings. The number of amides is 1. The molecule has 0 saturated carbocycles. The Bertz CT molecular complexity index is 733. The molecule has 124 valence electrons. The molecule has 9 heteroatoms. The predicted octanol–water partition coefficient (Wildman–Crippen LogP) is 4.86. The first-order valence-corrected chi connectivity index (χ1v) is 8.90. The van der Waals surface area contributed by atoms with Crippen molar-refractivity contribution in [1.82, 2.24) is 14.8 Å². The lowest BCUT2D eigenvalue weighted by Gasteiger charge is -2.12. The van der Waals surface area contributed by atoms with E-state index >= 15 is 0 Å². The number of anilines is 1. The standard InChI is InChI=1S/C14H15Cl3N4OS/c1-7(2)21-8(3)19-20-14(21)23-6-13(22)18-12-5-10(16)9(15)4-11(12)17/h4-5,7H,6H2,1-3H3,(H,18,22). The molecule has 1 aromatic carbocycles. The van der Waals surface area contributed by atoms with Crippen molar-refractivity contribution in [2.24, 2.45) is 0 Å². The Morgan fingerprint density at radius 1 is 1.22 bits per heavy atom. The fraction of sp³-hybridized carbons (Fsp3) is 0.357. The number of rotatable bonds is 5. The van der Waals surface area contributed by atoms with E-state index in [2.05, 4.69) is 15.5 Å². The smallest absolute Gasteiger partial charge is 0.234 e. The predicted molar refractivity (Wildman–Crippen MR) is 96.0 cm³/mol. The first-order valence-electron chi connectivity index (χ1n) is 6.78. The summed E-state index contributed by atoms with van der Waals surface area (Å²) in [6.45, 7) is 5.96. The second-order valence-electron chi connectivity index (χ2n) is 5.08. The molecule has 0 atom stereocenters. The number of benzene rings is 1. The largest absolute Gasteiger partial charge is 0.324 e. The minimum absolute atomic E-state index is 0.182. The maximum atomic E-state index is 12.1. The van der Waals surface area contributed by atoms with E-state index in [-0.39, 0.29) is 17.7 Å². The van der Waals surface area contributed by atoms with Crippen LogP contribution in [0.1, 0.15) is 25.7 Å². The normalized spacial score (nSPS) is 11.1. The lowest BCUT2D eigenvalue weighted by molar-refractivity contribution is -0.113. The number of thioether (sulfide) groups is 1. The number of carbonyl (C=O) groups excluding carboxylic acids is 1. The number of halogens is 3. The van der Waals surface area contributed by atoms with Gasteiger partial charge < -0.3 is 9.88 Å². The Hall–Kier alpha value is -0.950. The summed E-state index contributed by atoms with van der Waals surface area (Å²) in [5.41, 5.74) is 0.424. The van der Waals surface area contributed by atoms with Gasteiger partial charge in [-0.1, -0.05) is 46.6 Å². The van der Waals surface area contributed by atoms with Gasteiger partial charge >= 0.3 is 0 Å². The second-order valence-corrected chi connectivity index (χ2v) is 7.24. The molecule has 2 rings (SSSR count). The molecule has 0 saturated heterocycles. The highest BCUT2D eigenvalue weighted by molar-refractivity contribution is 7.99. The van der Waals surface area contributed by atoms with Gasteiger partial charge in [0.15, 0.2) is 5.16 Å². The fourth-order valence-electron chi connectivity index (χ4n) is 1.98. The first-order chi connectivity index (χ1) is 10.8. The minimum atomic E-state index is -0.216. The Morgan fingerprint density at radius 3 is 2.52 bits per heavy atom. The van der Waals surface area contributed by atoms with Gasteiger partial charge in [0.1, 0.15) is 5.82 Å². The third-order valence-corrected chi connectivity index (χ3v) is 4.95. The van der Waals surface area contributed by atoms with E-state index < -0.39 is 0 Å². The Balaban J connectivity index is 2.03. The Kier molecular flexibility index (Phi) is 6.19. The van der Waals surface area contributed by atoms with E-state index in [9.17, 15) is 4.79 Å². The lowest BCUT2D eigenvalue weighted by atomic mass is 10.3. The second kappa shape index (κ2) is 7.75. The Labute approximate surface area is 153 Å². The van der Waals surface area contributed by atoms with Crippen LogP contribution in [0.5, 0.6) is 0 Å². The molecule has 0 fully saturated rings. The van der Waals surface area contributed by atoms with Crippen molar-refractivity contribution in [3.8, 4) is 0 Å². The monoisotopic (exact) mass is 392 g/mol.